The monoisotopic (exact) mass is 238 g/mol. The van der Waals surface area contributed by atoms with Gasteiger partial charge in [-0.15, -0.1) is 11.3 Å². The molecule has 1 aliphatic rings. The molecule has 3 heteroatoms. The second-order valence-corrected chi connectivity index (χ2v) is 6.38. The van der Waals surface area contributed by atoms with Crippen molar-refractivity contribution in [3.05, 3.63) is 15.6 Å². The molecule has 0 unspecified atom stereocenters. The fourth-order valence-corrected chi connectivity index (χ4v) is 3.31. The summed E-state index contributed by atoms with van der Waals surface area (Å²) in [4.78, 5) is 5.86. The van der Waals surface area contributed by atoms with Crippen LogP contribution in [-0.2, 0) is 6.54 Å². The molecule has 0 aliphatic heterocycles. The summed E-state index contributed by atoms with van der Waals surface area (Å²) >= 11 is 1.83. The van der Waals surface area contributed by atoms with Gasteiger partial charge in [0.05, 0.1) is 10.7 Å². The van der Waals surface area contributed by atoms with E-state index >= 15 is 0 Å². The number of hydrogen-bond acceptors (Lipinski definition) is 3. The molecular formula is C13H22N2S. The third kappa shape index (κ3) is 2.83. The van der Waals surface area contributed by atoms with E-state index in [1.54, 1.807) is 0 Å². The molecule has 0 spiro atoms. The number of nitrogens with one attached hydrogen (secondary N) is 1. The highest BCUT2D eigenvalue weighted by atomic mass is 32.1. The molecule has 2 nitrogen and oxygen atoms in total. The maximum absolute atomic E-state index is 4.46. The molecule has 0 amide bonds. The quantitative estimate of drug-likeness (QED) is 0.821. The molecule has 0 atom stereocenters. The third-order valence-electron chi connectivity index (χ3n) is 3.52. The average Bonchev–Trinajstić information content (AvgIpc) is 2.89. The summed E-state index contributed by atoms with van der Waals surface area (Å²) < 4.78 is 0. The summed E-state index contributed by atoms with van der Waals surface area (Å²) in [5.74, 6) is 0. The summed E-state index contributed by atoms with van der Waals surface area (Å²) in [6.07, 6.45) is 5.56. The van der Waals surface area contributed by atoms with E-state index in [2.05, 4.69) is 31.1 Å². The van der Waals surface area contributed by atoms with Gasteiger partial charge in [0.25, 0.3) is 0 Å². The van der Waals surface area contributed by atoms with Crippen molar-refractivity contribution in [1.29, 1.82) is 0 Å². The van der Waals surface area contributed by atoms with Gasteiger partial charge in [0.1, 0.15) is 0 Å². The van der Waals surface area contributed by atoms with E-state index in [9.17, 15) is 0 Å². The van der Waals surface area contributed by atoms with Gasteiger partial charge in [-0.1, -0.05) is 13.3 Å². The molecule has 1 aliphatic carbocycles. The van der Waals surface area contributed by atoms with Crippen molar-refractivity contribution < 1.29 is 0 Å². The van der Waals surface area contributed by atoms with E-state index in [0.29, 0.717) is 5.41 Å². The minimum Gasteiger partial charge on any atom is -0.311 e. The van der Waals surface area contributed by atoms with Crippen LogP contribution >= 0.6 is 11.3 Å². The fraction of sp³-hybridized carbons (Fsp3) is 0.769. The summed E-state index contributed by atoms with van der Waals surface area (Å²) in [5.41, 5.74) is 1.86. The lowest BCUT2D eigenvalue weighted by molar-refractivity contribution is 0.421. The van der Waals surface area contributed by atoms with Crippen molar-refractivity contribution in [3.8, 4) is 0 Å². The SMILES string of the molecule is CCCC1(CNCc2sc(C)nc2C)CC1. The Morgan fingerprint density at radius 2 is 2.12 bits per heavy atom. The first kappa shape index (κ1) is 12.1. The van der Waals surface area contributed by atoms with Crippen molar-refractivity contribution in [2.24, 2.45) is 5.41 Å². The molecule has 1 aromatic heterocycles. The van der Waals surface area contributed by atoms with E-state index in [0.717, 1.165) is 6.54 Å². The van der Waals surface area contributed by atoms with Gasteiger partial charge in [-0.3, -0.25) is 0 Å². The van der Waals surface area contributed by atoms with Crippen LogP contribution in [0.2, 0.25) is 0 Å². The first-order valence-electron chi connectivity index (χ1n) is 6.29. The number of thiazole rings is 1. The highest BCUT2D eigenvalue weighted by Gasteiger charge is 2.40. The Hall–Kier alpha value is -0.410. The van der Waals surface area contributed by atoms with Crippen molar-refractivity contribution in [2.45, 2.75) is 53.0 Å². The zero-order valence-electron chi connectivity index (χ0n) is 10.6. The van der Waals surface area contributed by atoms with Gasteiger partial charge in [0.2, 0.25) is 0 Å². The summed E-state index contributed by atoms with van der Waals surface area (Å²) in [6.45, 7) is 8.68. The van der Waals surface area contributed by atoms with E-state index in [1.807, 2.05) is 11.3 Å². The molecule has 0 radical (unpaired) electrons. The lowest BCUT2D eigenvalue weighted by Crippen LogP contribution is -2.23. The van der Waals surface area contributed by atoms with Crippen LogP contribution in [0.15, 0.2) is 0 Å². The van der Waals surface area contributed by atoms with Gasteiger partial charge < -0.3 is 5.32 Å². The van der Waals surface area contributed by atoms with Crippen LogP contribution in [-0.4, -0.2) is 11.5 Å². The summed E-state index contributed by atoms with van der Waals surface area (Å²) in [6, 6.07) is 0. The number of hydrogen-bond donors (Lipinski definition) is 1. The second kappa shape index (κ2) is 4.84. The molecule has 0 aromatic carbocycles. The first-order valence-corrected chi connectivity index (χ1v) is 7.10. The Bertz CT molecular complexity index is 353. The van der Waals surface area contributed by atoms with Crippen LogP contribution in [0.3, 0.4) is 0 Å². The largest absolute Gasteiger partial charge is 0.311 e. The fourth-order valence-electron chi connectivity index (χ4n) is 2.40. The topological polar surface area (TPSA) is 24.9 Å². The highest BCUT2D eigenvalue weighted by Crippen LogP contribution is 2.48. The summed E-state index contributed by atoms with van der Waals surface area (Å²) in [5, 5.41) is 4.80. The Morgan fingerprint density at radius 3 is 2.62 bits per heavy atom. The predicted octanol–water partition coefficient (Wildman–Crippen LogP) is 3.43. The van der Waals surface area contributed by atoms with Gasteiger partial charge in [-0.2, -0.15) is 0 Å². The van der Waals surface area contributed by atoms with E-state index < -0.39 is 0 Å². The van der Waals surface area contributed by atoms with Gasteiger partial charge in [-0.05, 0) is 38.5 Å². The minimum absolute atomic E-state index is 0.655. The molecule has 1 N–H and O–H groups in total. The standard InChI is InChI=1S/C13H22N2S/c1-4-5-13(6-7-13)9-14-8-12-10(2)15-11(3)16-12/h14H,4-9H2,1-3H3. The average molecular weight is 238 g/mol. The van der Waals surface area contributed by atoms with Crippen molar-refractivity contribution >= 4 is 11.3 Å². The molecule has 1 saturated carbocycles. The van der Waals surface area contributed by atoms with Crippen molar-refractivity contribution in [2.75, 3.05) is 6.54 Å². The van der Waals surface area contributed by atoms with E-state index in [4.69, 9.17) is 0 Å². The van der Waals surface area contributed by atoms with Gasteiger partial charge in [0.15, 0.2) is 0 Å². The maximum Gasteiger partial charge on any atom is 0.0900 e. The lowest BCUT2D eigenvalue weighted by Gasteiger charge is -2.14. The normalized spacial score (nSPS) is 17.7. The summed E-state index contributed by atoms with van der Waals surface area (Å²) in [7, 11) is 0. The first-order chi connectivity index (χ1) is 7.65. The van der Waals surface area contributed by atoms with Gasteiger partial charge in [-0.25, -0.2) is 4.98 Å². The van der Waals surface area contributed by atoms with Crippen LogP contribution in [0.25, 0.3) is 0 Å². The van der Waals surface area contributed by atoms with E-state index in [1.165, 1.54) is 47.8 Å². The number of aryl methyl sites for hydroxylation is 2. The van der Waals surface area contributed by atoms with E-state index in [-0.39, 0.29) is 0 Å². The zero-order valence-corrected chi connectivity index (χ0v) is 11.4. The Labute approximate surface area is 102 Å². The lowest BCUT2D eigenvalue weighted by atomic mass is 10.0. The predicted molar refractivity (Wildman–Crippen MR) is 69.9 cm³/mol. The number of rotatable bonds is 6. The molecule has 0 bridgehead atoms. The van der Waals surface area contributed by atoms with Crippen LogP contribution in [0.5, 0.6) is 0 Å². The van der Waals surface area contributed by atoms with Crippen LogP contribution in [0, 0.1) is 19.3 Å². The number of nitrogens with zero attached hydrogens (tertiary/aromatic N) is 1. The van der Waals surface area contributed by atoms with Crippen molar-refractivity contribution in [1.82, 2.24) is 10.3 Å². The Kier molecular flexibility index (Phi) is 3.65. The molecule has 16 heavy (non-hydrogen) atoms. The molecule has 1 aromatic rings. The van der Waals surface area contributed by atoms with Crippen molar-refractivity contribution in [3.63, 3.8) is 0 Å². The molecule has 90 valence electrons. The Balaban J connectivity index is 1.78. The van der Waals surface area contributed by atoms with Crippen LogP contribution in [0.4, 0.5) is 0 Å². The highest BCUT2D eigenvalue weighted by molar-refractivity contribution is 7.11. The zero-order chi connectivity index (χ0) is 11.6. The smallest absolute Gasteiger partial charge is 0.0900 e. The minimum atomic E-state index is 0.655. The number of aromatic nitrogens is 1. The molecule has 1 fully saturated rings. The maximum atomic E-state index is 4.46. The Morgan fingerprint density at radius 1 is 1.38 bits per heavy atom. The third-order valence-corrected chi connectivity index (χ3v) is 4.60. The van der Waals surface area contributed by atoms with Gasteiger partial charge in [0, 0.05) is 18.0 Å². The molecule has 0 saturated heterocycles. The van der Waals surface area contributed by atoms with Crippen LogP contribution < -0.4 is 5.32 Å². The molecule has 2 rings (SSSR count). The van der Waals surface area contributed by atoms with Crippen LogP contribution in [0.1, 0.15) is 48.2 Å². The van der Waals surface area contributed by atoms with Gasteiger partial charge >= 0.3 is 0 Å². The molecular weight excluding hydrogens is 216 g/mol. The molecule has 1 heterocycles. The second-order valence-electron chi connectivity index (χ2n) is 5.10.